The van der Waals surface area contributed by atoms with Crippen LogP contribution < -0.4 is 11.1 Å². The first-order valence-corrected chi connectivity index (χ1v) is 9.80. The monoisotopic (exact) mass is 438 g/mol. The molecule has 0 radical (unpaired) electrons. The van der Waals surface area contributed by atoms with E-state index in [0.29, 0.717) is 23.5 Å². The predicted molar refractivity (Wildman–Crippen MR) is 94.6 cm³/mol. The largest absolute Gasteiger partial charge is 0.381 e. The number of benzene rings is 1. The predicted octanol–water partition coefficient (Wildman–Crippen LogP) is 2.32. The molecule has 0 atom stereocenters. The maximum atomic E-state index is 13.5. The van der Waals surface area contributed by atoms with Gasteiger partial charge in [0.1, 0.15) is 14.8 Å². The van der Waals surface area contributed by atoms with Crippen molar-refractivity contribution in [3.8, 4) is 0 Å². The van der Waals surface area contributed by atoms with Crippen molar-refractivity contribution in [3.05, 3.63) is 40.4 Å². The number of anilines is 1. The van der Waals surface area contributed by atoms with Gasteiger partial charge >= 0.3 is 0 Å². The van der Waals surface area contributed by atoms with Gasteiger partial charge in [-0.1, -0.05) is 11.6 Å². The smallest absolute Gasteiger partial charge is 0.256 e. The topological polar surface area (TPSA) is 127 Å². The lowest BCUT2D eigenvalue weighted by atomic mass is 10.1. The van der Waals surface area contributed by atoms with Crippen molar-refractivity contribution < 1.29 is 31.9 Å². The summed E-state index contributed by atoms with van der Waals surface area (Å²) in [6.45, 7) is 2.36. The molecule has 4 N–H and O–H groups in total. The number of amides is 2. The molecule has 0 spiro atoms. The van der Waals surface area contributed by atoms with E-state index in [1.807, 2.05) is 0 Å². The van der Waals surface area contributed by atoms with Gasteiger partial charge in [-0.3, -0.25) is 9.59 Å². The van der Waals surface area contributed by atoms with Crippen LogP contribution in [0, 0.1) is 11.6 Å². The van der Waals surface area contributed by atoms with Crippen LogP contribution in [0.1, 0.15) is 24.2 Å². The fourth-order valence-corrected chi connectivity index (χ4v) is 5.12. The van der Waals surface area contributed by atoms with Crippen LogP contribution in [0.3, 0.4) is 0 Å². The van der Waals surface area contributed by atoms with E-state index in [1.165, 1.54) is 13.8 Å². The van der Waals surface area contributed by atoms with Gasteiger partial charge < -0.3 is 16.2 Å². The Morgan fingerprint density at radius 3 is 2.30 bits per heavy atom. The summed E-state index contributed by atoms with van der Waals surface area (Å²) in [6.07, 6.45) is 0. The number of hydrogen-bond acceptors (Lipinski definition) is 6. The van der Waals surface area contributed by atoms with Crippen LogP contribution in [0.25, 0.3) is 0 Å². The van der Waals surface area contributed by atoms with E-state index in [1.54, 1.807) is 0 Å². The molecule has 2 amide bonds. The number of primary amides is 1. The first kappa shape index (κ1) is 21.2. The molecular formula is C15H13ClF2N2O5S2. The second kappa shape index (κ2) is 7.15. The fraction of sp³-hybridized carbons (Fsp3) is 0.200. The zero-order valence-corrected chi connectivity index (χ0v) is 16.2. The number of nitrogens with one attached hydrogen (secondary N) is 1. The molecule has 146 valence electrons. The summed E-state index contributed by atoms with van der Waals surface area (Å²) in [7, 11) is -4.46. The summed E-state index contributed by atoms with van der Waals surface area (Å²) < 4.78 is 51.6. The summed E-state index contributed by atoms with van der Waals surface area (Å²) in [5, 5.41) is 11.1. The highest BCUT2D eigenvalue weighted by molar-refractivity contribution is 7.93. The van der Waals surface area contributed by atoms with Crippen LogP contribution in [-0.4, -0.2) is 30.9 Å². The normalized spacial score (nSPS) is 12.1. The van der Waals surface area contributed by atoms with Gasteiger partial charge in [0, 0.05) is 0 Å². The summed E-state index contributed by atoms with van der Waals surface area (Å²) >= 11 is 6.16. The molecule has 0 fully saturated rings. The minimum absolute atomic E-state index is 0.230. The number of rotatable bonds is 5. The first-order valence-electron chi connectivity index (χ1n) is 7.12. The average molecular weight is 439 g/mol. The highest BCUT2D eigenvalue weighted by atomic mass is 35.5. The van der Waals surface area contributed by atoms with Crippen molar-refractivity contribution in [3.63, 3.8) is 0 Å². The van der Waals surface area contributed by atoms with E-state index < -0.39 is 53.0 Å². The van der Waals surface area contributed by atoms with Crippen molar-refractivity contribution in [1.82, 2.24) is 0 Å². The van der Waals surface area contributed by atoms with Crippen LogP contribution in [-0.2, 0) is 14.6 Å². The summed E-state index contributed by atoms with van der Waals surface area (Å²) in [6, 6.07) is 1.79. The van der Waals surface area contributed by atoms with Gasteiger partial charge in [0.2, 0.25) is 9.84 Å². The zero-order chi connectivity index (χ0) is 20.7. The number of sulfone groups is 1. The lowest BCUT2D eigenvalue weighted by Gasteiger charge is -2.16. The van der Waals surface area contributed by atoms with E-state index >= 15 is 0 Å². The molecule has 1 aromatic heterocycles. The van der Waals surface area contributed by atoms with Gasteiger partial charge in [-0.2, -0.15) is 0 Å². The molecule has 0 bridgehead atoms. The van der Waals surface area contributed by atoms with Crippen LogP contribution in [0.15, 0.2) is 27.3 Å². The second-order valence-electron chi connectivity index (χ2n) is 5.89. The third kappa shape index (κ3) is 4.26. The Hall–Kier alpha value is -2.08. The molecule has 0 aliphatic rings. The average Bonchev–Trinajstić information content (AvgIpc) is 2.94. The van der Waals surface area contributed by atoms with Crippen molar-refractivity contribution in [1.29, 1.82) is 0 Å². The standard InChI is InChI=1S/C15H13ClF2N2O5S2/c1-15(2,23)14(22)20-13-6(12(19)21)3-11(26-13)27(24,25)10-5-9(18)8(17)4-7(10)16/h3-5,23H,1-2H3,(H2,19,21)(H,20,22). The summed E-state index contributed by atoms with van der Waals surface area (Å²) in [4.78, 5) is 22.8. The third-order valence-electron chi connectivity index (χ3n) is 3.29. The number of aliphatic hydroxyl groups is 1. The van der Waals surface area contributed by atoms with E-state index in [0.717, 1.165) is 6.07 Å². The van der Waals surface area contributed by atoms with Gasteiger partial charge in [0.25, 0.3) is 11.8 Å². The molecule has 12 heteroatoms. The molecule has 2 aromatic rings. The minimum Gasteiger partial charge on any atom is -0.381 e. The number of hydrogen-bond donors (Lipinski definition) is 3. The SMILES string of the molecule is CC(C)(O)C(=O)Nc1sc(S(=O)(=O)c2cc(F)c(F)cc2Cl)cc1C(N)=O. The van der Waals surface area contributed by atoms with E-state index in [2.05, 4.69) is 5.32 Å². The number of thiophene rings is 1. The van der Waals surface area contributed by atoms with E-state index in [9.17, 15) is 31.9 Å². The lowest BCUT2D eigenvalue weighted by molar-refractivity contribution is -0.130. The molecular weight excluding hydrogens is 426 g/mol. The molecule has 1 heterocycles. The number of carbonyl (C=O) groups is 2. The van der Waals surface area contributed by atoms with Crippen LogP contribution in [0.5, 0.6) is 0 Å². The molecule has 0 aliphatic carbocycles. The fourth-order valence-electron chi connectivity index (χ4n) is 1.85. The second-order valence-corrected chi connectivity index (χ2v) is 9.49. The number of halogens is 3. The molecule has 2 rings (SSSR count). The highest BCUT2D eigenvalue weighted by Crippen LogP contribution is 2.37. The van der Waals surface area contributed by atoms with Crippen molar-refractivity contribution in [2.75, 3.05) is 5.32 Å². The Kier molecular flexibility index (Phi) is 5.62. The lowest BCUT2D eigenvalue weighted by Crippen LogP contribution is -2.36. The molecule has 7 nitrogen and oxygen atoms in total. The molecule has 1 aromatic carbocycles. The van der Waals surface area contributed by atoms with Gasteiger partial charge in [-0.05, 0) is 32.0 Å². The minimum atomic E-state index is -4.46. The first-order chi connectivity index (χ1) is 12.2. The summed E-state index contributed by atoms with van der Waals surface area (Å²) in [5.74, 6) is -4.72. The van der Waals surface area contributed by atoms with Crippen molar-refractivity contribution in [2.24, 2.45) is 5.73 Å². The molecule has 0 saturated heterocycles. The van der Waals surface area contributed by atoms with E-state index in [-0.39, 0.29) is 10.6 Å². The molecule has 0 saturated carbocycles. The van der Waals surface area contributed by atoms with Crippen molar-refractivity contribution >= 4 is 49.6 Å². The Labute approximate surface area is 161 Å². The van der Waals surface area contributed by atoms with Gasteiger partial charge in [-0.25, -0.2) is 17.2 Å². The molecule has 0 aliphatic heterocycles. The van der Waals surface area contributed by atoms with Crippen molar-refractivity contribution in [2.45, 2.75) is 28.6 Å². The van der Waals surface area contributed by atoms with Gasteiger partial charge in [0.15, 0.2) is 11.6 Å². The maximum absolute atomic E-state index is 13.5. The van der Waals surface area contributed by atoms with Gasteiger partial charge in [-0.15, -0.1) is 11.3 Å². The van der Waals surface area contributed by atoms with Gasteiger partial charge in [0.05, 0.1) is 15.5 Å². The number of nitrogens with two attached hydrogens (primary N) is 1. The van der Waals surface area contributed by atoms with Crippen LogP contribution >= 0.6 is 22.9 Å². The number of carbonyl (C=O) groups excluding carboxylic acids is 2. The third-order valence-corrected chi connectivity index (χ3v) is 7.03. The Balaban J connectivity index is 2.59. The van der Waals surface area contributed by atoms with Crippen LogP contribution in [0.2, 0.25) is 5.02 Å². The quantitative estimate of drug-likeness (QED) is 0.487. The summed E-state index contributed by atoms with van der Waals surface area (Å²) in [5.41, 5.74) is 3.04. The zero-order valence-electron chi connectivity index (χ0n) is 13.8. The molecule has 0 unspecified atom stereocenters. The Morgan fingerprint density at radius 1 is 1.22 bits per heavy atom. The highest BCUT2D eigenvalue weighted by Gasteiger charge is 2.30. The van der Waals surface area contributed by atoms with Crippen LogP contribution in [0.4, 0.5) is 13.8 Å². The maximum Gasteiger partial charge on any atom is 0.256 e. The van der Waals surface area contributed by atoms with E-state index in [4.69, 9.17) is 17.3 Å². The Morgan fingerprint density at radius 2 is 1.78 bits per heavy atom. The Bertz CT molecular complexity index is 1050. The molecule has 27 heavy (non-hydrogen) atoms.